The van der Waals surface area contributed by atoms with Gasteiger partial charge >= 0.3 is 0 Å². The molecule has 0 saturated heterocycles. The Hall–Kier alpha value is -1.11. The third-order valence-corrected chi connectivity index (χ3v) is 4.65. The summed E-state index contributed by atoms with van der Waals surface area (Å²) in [6, 6.07) is 3.38. The maximum atomic E-state index is 12.3. The number of ether oxygens (including phenoxy) is 2. The summed E-state index contributed by atoms with van der Waals surface area (Å²) >= 11 is 0. The molecule has 0 heterocycles. The Labute approximate surface area is 127 Å². The molecule has 0 amide bonds. The van der Waals surface area contributed by atoms with Gasteiger partial charge in [-0.3, -0.25) is 0 Å². The van der Waals surface area contributed by atoms with Gasteiger partial charge in [0.2, 0.25) is 10.0 Å². The van der Waals surface area contributed by atoms with E-state index in [1.54, 1.807) is 26.2 Å². The molecule has 0 unspecified atom stereocenters. The van der Waals surface area contributed by atoms with E-state index >= 15 is 0 Å². The maximum Gasteiger partial charge on any atom is 0.240 e. The molecule has 0 saturated carbocycles. The van der Waals surface area contributed by atoms with E-state index in [2.05, 4.69) is 4.72 Å². The van der Waals surface area contributed by atoms with Gasteiger partial charge in [-0.2, -0.15) is 0 Å². The Morgan fingerprint density at radius 2 is 1.86 bits per heavy atom. The zero-order chi connectivity index (χ0) is 16.0. The molecule has 0 bridgehead atoms. The average Bonchev–Trinajstić information content (AvgIpc) is 2.39. The highest BCUT2D eigenvalue weighted by molar-refractivity contribution is 7.89. The Morgan fingerprint density at radius 1 is 1.19 bits per heavy atom. The summed E-state index contributed by atoms with van der Waals surface area (Å²) in [4.78, 5) is 0.297. The summed E-state index contributed by atoms with van der Waals surface area (Å²) in [7, 11) is -1.93. The van der Waals surface area contributed by atoms with Gasteiger partial charge in [-0.05, 0) is 57.4 Å². The third-order valence-electron chi connectivity index (χ3n) is 3.05. The van der Waals surface area contributed by atoms with E-state index in [1.165, 1.54) is 0 Å². The molecular formula is C15H25NO4S. The lowest BCUT2D eigenvalue weighted by Gasteiger charge is -2.13. The van der Waals surface area contributed by atoms with Gasteiger partial charge in [0.25, 0.3) is 0 Å². The topological polar surface area (TPSA) is 64.6 Å². The molecule has 0 aliphatic heterocycles. The Bertz CT molecular complexity index is 567. The predicted molar refractivity (Wildman–Crippen MR) is 83.4 cm³/mol. The van der Waals surface area contributed by atoms with Crippen molar-refractivity contribution in [3.63, 3.8) is 0 Å². The van der Waals surface area contributed by atoms with Crippen molar-refractivity contribution in [1.29, 1.82) is 0 Å². The Morgan fingerprint density at radius 3 is 2.43 bits per heavy atom. The number of nitrogens with one attached hydrogen (secondary N) is 1. The van der Waals surface area contributed by atoms with Gasteiger partial charge < -0.3 is 9.47 Å². The number of benzene rings is 1. The fourth-order valence-electron chi connectivity index (χ4n) is 1.95. The van der Waals surface area contributed by atoms with Crippen LogP contribution in [-0.4, -0.2) is 34.8 Å². The molecular weight excluding hydrogens is 290 g/mol. The average molecular weight is 315 g/mol. The van der Waals surface area contributed by atoms with Crippen LogP contribution in [0.3, 0.4) is 0 Å². The van der Waals surface area contributed by atoms with Crippen molar-refractivity contribution in [2.45, 2.75) is 45.1 Å². The summed E-state index contributed by atoms with van der Waals surface area (Å²) in [6.45, 7) is 8.40. The Kier molecular flexibility index (Phi) is 6.64. The number of hydrogen-bond acceptors (Lipinski definition) is 4. The number of methoxy groups -OCH3 is 1. The van der Waals surface area contributed by atoms with Crippen molar-refractivity contribution in [3.05, 3.63) is 23.3 Å². The molecule has 5 nitrogen and oxygen atoms in total. The van der Waals surface area contributed by atoms with Crippen molar-refractivity contribution in [2.75, 3.05) is 20.3 Å². The molecule has 0 radical (unpaired) electrons. The maximum absolute atomic E-state index is 12.3. The van der Waals surface area contributed by atoms with Crippen molar-refractivity contribution in [2.24, 2.45) is 0 Å². The quantitative estimate of drug-likeness (QED) is 0.748. The molecule has 0 aliphatic rings. The molecule has 21 heavy (non-hydrogen) atoms. The van der Waals surface area contributed by atoms with Crippen molar-refractivity contribution in [1.82, 2.24) is 4.72 Å². The standard InChI is InChI=1S/C15H25NO4S/c1-11(2)20-8-6-7-16-21(17,18)15-10-12(3)14(19-5)9-13(15)4/h9-11,16H,6-8H2,1-5H3. The fraction of sp³-hybridized carbons (Fsp3) is 0.600. The minimum absolute atomic E-state index is 0.160. The van der Waals surface area contributed by atoms with Gasteiger partial charge in [-0.25, -0.2) is 13.1 Å². The molecule has 0 aliphatic carbocycles. The number of hydrogen-bond donors (Lipinski definition) is 1. The van der Waals surface area contributed by atoms with Gasteiger partial charge in [0.15, 0.2) is 0 Å². The van der Waals surface area contributed by atoms with E-state index in [0.29, 0.717) is 35.8 Å². The van der Waals surface area contributed by atoms with Crippen LogP contribution in [0.2, 0.25) is 0 Å². The van der Waals surface area contributed by atoms with Crippen LogP contribution >= 0.6 is 0 Å². The molecule has 6 heteroatoms. The van der Waals surface area contributed by atoms with Gasteiger partial charge in [0.05, 0.1) is 18.1 Å². The lowest BCUT2D eigenvalue weighted by molar-refractivity contribution is 0.0778. The molecule has 120 valence electrons. The van der Waals surface area contributed by atoms with E-state index in [9.17, 15) is 8.42 Å². The first-order chi connectivity index (χ1) is 9.77. The minimum atomic E-state index is -3.50. The van der Waals surface area contributed by atoms with E-state index < -0.39 is 10.0 Å². The van der Waals surface area contributed by atoms with Crippen LogP contribution in [0.25, 0.3) is 0 Å². The minimum Gasteiger partial charge on any atom is -0.496 e. The number of sulfonamides is 1. The molecule has 0 atom stereocenters. The van der Waals surface area contributed by atoms with Crippen molar-refractivity contribution < 1.29 is 17.9 Å². The monoisotopic (exact) mass is 315 g/mol. The fourth-order valence-corrected chi connectivity index (χ4v) is 3.33. The summed E-state index contributed by atoms with van der Waals surface area (Å²) in [5, 5.41) is 0. The van der Waals surface area contributed by atoms with Gasteiger partial charge in [0, 0.05) is 13.2 Å². The zero-order valence-corrected chi connectivity index (χ0v) is 14.2. The first kappa shape index (κ1) is 17.9. The molecule has 0 aromatic heterocycles. The van der Waals surface area contributed by atoms with Crippen LogP contribution in [0.5, 0.6) is 5.75 Å². The van der Waals surface area contributed by atoms with Crippen LogP contribution in [0.1, 0.15) is 31.4 Å². The van der Waals surface area contributed by atoms with E-state index in [-0.39, 0.29) is 6.10 Å². The summed E-state index contributed by atoms with van der Waals surface area (Å²) in [5.74, 6) is 0.691. The van der Waals surface area contributed by atoms with E-state index in [1.807, 2.05) is 20.8 Å². The number of rotatable bonds is 8. The molecule has 0 fully saturated rings. The van der Waals surface area contributed by atoms with Crippen LogP contribution < -0.4 is 9.46 Å². The second-order valence-corrected chi connectivity index (χ2v) is 6.99. The summed E-state index contributed by atoms with van der Waals surface area (Å²) in [5.41, 5.74) is 1.47. The summed E-state index contributed by atoms with van der Waals surface area (Å²) in [6.07, 6.45) is 0.805. The molecule has 0 spiro atoms. The second-order valence-electron chi connectivity index (χ2n) is 5.26. The normalized spacial score (nSPS) is 11.9. The second kappa shape index (κ2) is 7.77. The highest BCUT2D eigenvalue weighted by Gasteiger charge is 2.18. The highest BCUT2D eigenvalue weighted by atomic mass is 32.2. The SMILES string of the molecule is COc1cc(C)c(S(=O)(=O)NCCCOC(C)C)cc1C. The lowest BCUT2D eigenvalue weighted by Crippen LogP contribution is -2.26. The van der Waals surface area contributed by atoms with Gasteiger partial charge in [-0.15, -0.1) is 0 Å². The third kappa shape index (κ3) is 5.30. The smallest absolute Gasteiger partial charge is 0.240 e. The van der Waals surface area contributed by atoms with Gasteiger partial charge in [0.1, 0.15) is 5.75 Å². The molecule has 1 rings (SSSR count). The molecule has 1 aromatic rings. The van der Waals surface area contributed by atoms with Crippen LogP contribution in [0, 0.1) is 13.8 Å². The Balaban J connectivity index is 2.72. The van der Waals surface area contributed by atoms with Gasteiger partial charge in [-0.1, -0.05) is 0 Å². The van der Waals surface area contributed by atoms with Crippen LogP contribution in [0.15, 0.2) is 17.0 Å². The zero-order valence-electron chi connectivity index (χ0n) is 13.4. The summed E-state index contributed by atoms with van der Waals surface area (Å²) < 4.78 is 37.8. The predicted octanol–water partition coefficient (Wildman–Crippen LogP) is 2.41. The lowest BCUT2D eigenvalue weighted by atomic mass is 10.1. The first-order valence-electron chi connectivity index (χ1n) is 7.04. The first-order valence-corrected chi connectivity index (χ1v) is 8.52. The van der Waals surface area contributed by atoms with E-state index in [0.717, 1.165) is 5.56 Å². The van der Waals surface area contributed by atoms with E-state index in [4.69, 9.17) is 9.47 Å². The largest absolute Gasteiger partial charge is 0.496 e. The van der Waals surface area contributed by atoms with Crippen molar-refractivity contribution in [3.8, 4) is 5.75 Å². The highest BCUT2D eigenvalue weighted by Crippen LogP contribution is 2.25. The number of aryl methyl sites for hydroxylation is 2. The molecule has 1 N–H and O–H groups in total. The van der Waals surface area contributed by atoms with Crippen LogP contribution in [-0.2, 0) is 14.8 Å². The molecule has 1 aromatic carbocycles. The van der Waals surface area contributed by atoms with Crippen molar-refractivity contribution >= 4 is 10.0 Å². The van der Waals surface area contributed by atoms with Crippen LogP contribution in [0.4, 0.5) is 0 Å².